The van der Waals surface area contributed by atoms with Gasteiger partial charge >= 0.3 is 0 Å². The molecular formula is C21H17Cl2N3O3S. The molecule has 0 radical (unpaired) electrons. The molecule has 154 valence electrons. The first-order valence-corrected chi connectivity index (χ1v) is 10.5. The van der Waals surface area contributed by atoms with E-state index in [9.17, 15) is 0 Å². The van der Waals surface area contributed by atoms with Crippen molar-refractivity contribution in [3.05, 3.63) is 105 Å². The highest BCUT2D eigenvalue weighted by atomic mass is 35.5. The number of nitrogens with zero attached hydrogens (tertiary/aromatic N) is 3. The summed E-state index contributed by atoms with van der Waals surface area (Å²) in [5, 5.41) is 17.5. The van der Waals surface area contributed by atoms with Gasteiger partial charge in [-0.05, 0) is 34.5 Å². The number of hydrogen-bond acceptors (Lipinski definition) is 4. The molecule has 9 heteroatoms. The fraction of sp³-hybridized carbons (Fsp3) is 0.0952. The lowest BCUT2D eigenvalue weighted by Gasteiger charge is -2.20. The molecule has 0 saturated heterocycles. The van der Waals surface area contributed by atoms with Gasteiger partial charge in [-0.1, -0.05) is 65.7 Å². The molecule has 0 aliphatic heterocycles. The van der Waals surface area contributed by atoms with Crippen molar-refractivity contribution in [3.63, 3.8) is 0 Å². The third-order valence-corrected chi connectivity index (χ3v) is 6.23. The number of thioether (sulfide) groups is 1. The Morgan fingerprint density at radius 2 is 1.83 bits per heavy atom. The number of halogens is 2. The number of rotatable bonds is 5. The lowest BCUT2D eigenvalue weighted by molar-refractivity contribution is -0.742. The van der Waals surface area contributed by atoms with Crippen LogP contribution in [0.15, 0.2) is 84.3 Å². The van der Waals surface area contributed by atoms with Gasteiger partial charge in [0, 0.05) is 23.8 Å². The summed E-state index contributed by atoms with van der Waals surface area (Å²) in [7, 11) is 0. The molecule has 30 heavy (non-hydrogen) atoms. The highest BCUT2D eigenvalue weighted by molar-refractivity contribution is 7.99. The molecule has 6 nitrogen and oxygen atoms in total. The molecule has 1 heterocycles. The maximum atomic E-state index is 8.36. The molecule has 0 aliphatic carbocycles. The minimum absolute atomic E-state index is 0.215. The Kier molecular flexibility index (Phi) is 7.57. The SMILES string of the molecule is Clc1ccc(SC(Cn2ccnc2)c2cccc3ccccc23)cc1Cl.O=[N+]([O-])O. The van der Waals surface area contributed by atoms with E-state index in [0.29, 0.717) is 10.0 Å². The first kappa shape index (κ1) is 22.0. The smallest absolute Gasteiger partial charge is 0.291 e. The van der Waals surface area contributed by atoms with Gasteiger partial charge in [0.25, 0.3) is 5.09 Å². The number of hydrogen-bond donors (Lipinski definition) is 1. The third kappa shape index (κ3) is 5.89. The molecule has 3 aromatic carbocycles. The Morgan fingerprint density at radius 3 is 2.53 bits per heavy atom. The topological polar surface area (TPSA) is 81.2 Å². The largest absolute Gasteiger partial charge is 0.336 e. The van der Waals surface area contributed by atoms with E-state index >= 15 is 0 Å². The first-order chi connectivity index (χ1) is 14.4. The first-order valence-electron chi connectivity index (χ1n) is 8.82. The number of fused-ring (bicyclic) bond motifs is 1. The molecular weight excluding hydrogens is 445 g/mol. The van der Waals surface area contributed by atoms with Crippen LogP contribution in [0.25, 0.3) is 10.8 Å². The highest BCUT2D eigenvalue weighted by Crippen LogP contribution is 2.41. The summed E-state index contributed by atoms with van der Waals surface area (Å²) in [6.45, 7) is 0.818. The Morgan fingerprint density at radius 1 is 1.10 bits per heavy atom. The van der Waals surface area contributed by atoms with E-state index in [-0.39, 0.29) is 5.25 Å². The van der Waals surface area contributed by atoms with Crippen LogP contribution in [0, 0.1) is 10.1 Å². The van der Waals surface area contributed by atoms with Crippen LogP contribution in [0.2, 0.25) is 10.0 Å². The molecule has 0 amide bonds. The van der Waals surface area contributed by atoms with Crippen molar-refractivity contribution >= 4 is 45.7 Å². The van der Waals surface area contributed by atoms with Crippen LogP contribution in [-0.2, 0) is 6.54 Å². The summed E-state index contributed by atoms with van der Waals surface area (Å²) >= 11 is 14.1. The molecule has 0 fully saturated rings. The average Bonchev–Trinajstić information content (AvgIpc) is 3.22. The lowest BCUT2D eigenvalue weighted by Crippen LogP contribution is -2.05. The quantitative estimate of drug-likeness (QED) is 0.207. The zero-order chi connectivity index (χ0) is 21.5. The summed E-state index contributed by atoms with van der Waals surface area (Å²) in [6, 6.07) is 20.8. The zero-order valence-electron chi connectivity index (χ0n) is 15.6. The van der Waals surface area contributed by atoms with Gasteiger partial charge in [0.15, 0.2) is 0 Å². The van der Waals surface area contributed by atoms with Gasteiger partial charge in [-0.15, -0.1) is 21.9 Å². The fourth-order valence-electron chi connectivity index (χ4n) is 3.03. The average molecular weight is 462 g/mol. The molecule has 1 atom stereocenters. The molecule has 4 rings (SSSR count). The minimum Gasteiger partial charge on any atom is -0.336 e. The van der Waals surface area contributed by atoms with Crippen molar-refractivity contribution in [2.24, 2.45) is 0 Å². The fourth-order valence-corrected chi connectivity index (χ4v) is 4.63. The maximum absolute atomic E-state index is 8.36. The molecule has 4 aromatic rings. The van der Waals surface area contributed by atoms with Gasteiger partial charge in [-0.2, -0.15) is 0 Å². The van der Waals surface area contributed by atoms with Gasteiger partial charge in [-0.3, -0.25) is 0 Å². The standard InChI is InChI=1S/C21H16Cl2N2S.HNO3/c22-19-9-8-16(12-20(19)23)26-21(13-25-11-10-24-14-25)18-7-3-5-15-4-1-2-6-17(15)18;2-1(3)4/h1-12,14,21H,13H2;(H,2,3,4). The maximum Gasteiger partial charge on any atom is 0.291 e. The second kappa shape index (κ2) is 10.3. The molecule has 1 unspecified atom stereocenters. The lowest BCUT2D eigenvalue weighted by atomic mass is 10.0. The third-order valence-electron chi connectivity index (χ3n) is 4.28. The van der Waals surface area contributed by atoms with Crippen molar-refractivity contribution in [1.29, 1.82) is 0 Å². The monoisotopic (exact) mass is 461 g/mol. The van der Waals surface area contributed by atoms with Crippen molar-refractivity contribution < 1.29 is 10.3 Å². The van der Waals surface area contributed by atoms with E-state index in [1.165, 1.54) is 16.3 Å². The summed E-state index contributed by atoms with van der Waals surface area (Å²) in [4.78, 5) is 13.6. The van der Waals surface area contributed by atoms with Crippen LogP contribution in [0.3, 0.4) is 0 Å². The van der Waals surface area contributed by atoms with E-state index in [4.69, 9.17) is 38.5 Å². The van der Waals surface area contributed by atoms with Crippen LogP contribution >= 0.6 is 35.0 Å². The summed E-state index contributed by atoms with van der Waals surface area (Å²) in [5.41, 5.74) is 1.30. The molecule has 1 aromatic heterocycles. The van der Waals surface area contributed by atoms with Crippen molar-refractivity contribution in [2.75, 3.05) is 0 Å². The molecule has 1 N–H and O–H groups in total. The Bertz CT molecular complexity index is 1130. The van der Waals surface area contributed by atoms with Gasteiger partial charge in [0.1, 0.15) is 0 Å². The van der Waals surface area contributed by atoms with Gasteiger partial charge in [0.2, 0.25) is 0 Å². The zero-order valence-corrected chi connectivity index (χ0v) is 17.9. The number of benzene rings is 3. The molecule has 0 spiro atoms. The van der Waals surface area contributed by atoms with Crippen LogP contribution in [0.4, 0.5) is 0 Å². The Labute approximate surface area is 187 Å². The molecule has 0 saturated carbocycles. The highest BCUT2D eigenvalue weighted by Gasteiger charge is 2.17. The minimum atomic E-state index is -1.50. The van der Waals surface area contributed by atoms with Crippen molar-refractivity contribution in [3.8, 4) is 0 Å². The van der Waals surface area contributed by atoms with Crippen LogP contribution in [-0.4, -0.2) is 19.8 Å². The Balaban J connectivity index is 0.000000589. The number of imidazole rings is 1. The predicted octanol–water partition coefficient (Wildman–Crippen LogP) is 6.53. The van der Waals surface area contributed by atoms with E-state index in [1.807, 2.05) is 36.9 Å². The van der Waals surface area contributed by atoms with Crippen molar-refractivity contribution in [2.45, 2.75) is 16.7 Å². The summed E-state index contributed by atoms with van der Waals surface area (Å²) in [6.07, 6.45) is 5.66. The van der Waals surface area contributed by atoms with E-state index in [0.717, 1.165) is 11.4 Å². The van der Waals surface area contributed by atoms with E-state index in [2.05, 4.69) is 52.0 Å². The van der Waals surface area contributed by atoms with Crippen LogP contribution in [0.5, 0.6) is 0 Å². The second-order valence-electron chi connectivity index (χ2n) is 6.25. The van der Waals surface area contributed by atoms with Crippen LogP contribution in [0.1, 0.15) is 10.8 Å². The van der Waals surface area contributed by atoms with Crippen LogP contribution < -0.4 is 0 Å². The van der Waals surface area contributed by atoms with E-state index < -0.39 is 5.09 Å². The number of aromatic nitrogens is 2. The Hall–Kier alpha value is -2.74. The predicted molar refractivity (Wildman–Crippen MR) is 120 cm³/mol. The summed E-state index contributed by atoms with van der Waals surface area (Å²) in [5.74, 6) is 0. The van der Waals surface area contributed by atoms with Gasteiger partial charge in [0.05, 0.1) is 21.6 Å². The normalized spacial score (nSPS) is 11.5. The summed E-state index contributed by atoms with van der Waals surface area (Å²) < 4.78 is 2.11. The van der Waals surface area contributed by atoms with Gasteiger partial charge in [-0.25, -0.2) is 4.98 Å². The second-order valence-corrected chi connectivity index (χ2v) is 8.34. The van der Waals surface area contributed by atoms with E-state index in [1.54, 1.807) is 11.8 Å². The molecule has 0 aliphatic rings. The molecule has 0 bridgehead atoms. The van der Waals surface area contributed by atoms with Crippen molar-refractivity contribution in [1.82, 2.24) is 9.55 Å². The van der Waals surface area contributed by atoms with Gasteiger partial charge < -0.3 is 9.77 Å².